The van der Waals surface area contributed by atoms with E-state index in [1.165, 1.54) is 11.0 Å². The molecule has 1 amide bonds. The monoisotopic (exact) mass is 367 g/mol. The molecule has 0 spiro atoms. The predicted molar refractivity (Wildman–Crippen MR) is 90.3 cm³/mol. The van der Waals surface area contributed by atoms with Crippen molar-refractivity contribution >= 4 is 11.6 Å². The van der Waals surface area contributed by atoms with E-state index in [-0.39, 0.29) is 31.2 Å². The van der Waals surface area contributed by atoms with Gasteiger partial charge in [-0.3, -0.25) is 9.48 Å². The van der Waals surface area contributed by atoms with Crippen molar-refractivity contribution < 1.29 is 22.7 Å². The third-order valence-electron chi connectivity index (χ3n) is 4.70. The molecule has 0 saturated heterocycles. The largest absolute Gasteiger partial charge is 0.490 e. The van der Waals surface area contributed by atoms with Gasteiger partial charge in [0.2, 0.25) is 5.91 Å². The third kappa shape index (κ3) is 3.40. The predicted octanol–water partition coefficient (Wildman–Crippen LogP) is 3.41. The molecule has 0 radical (unpaired) electrons. The summed E-state index contributed by atoms with van der Waals surface area (Å²) in [5.41, 5.74) is 2.23. The molecular weight excluding hydrogens is 347 g/mol. The zero-order chi connectivity index (χ0) is 19.1. The highest BCUT2D eigenvalue weighted by molar-refractivity contribution is 5.95. The van der Waals surface area contributed by atoms with Crippen molar-refractivity contribution in [2.75, 3.05) is 18.1 Å². The molecular formula is C18H20F3N3O2. The van der Waals surface area contributed by atoms with E-state index in [1.54, 1.807) is 4.68 Å². The van der Waals surface area contributed by atoms with Gasteiger partial charge in [-0.2, -0.15) is 18.3 Å². The smallest absolute Gasteiger partial charge is 0.416 e. The number of carbonyl (C=O) groups is 1. The number of alkyl halides is 3. The quantitative estimate of drug-likeness (QED) is 0.835. The summed E-state index contributed by atoms with van der Waals surface area (Å²) in [6.45, 7) is 4.30. The molecule has 1 aromatic heterocycles. The van der Waals surface area contributed by atoms with Crippen molar-refractivity contribution in [3.05, 3.63) is 40.7 Å². The van der Waals surface area contributed by atoms with Crippen LogP contribution in [0, 0.1) is 13.8 Å². The molecule has 0 N–H and O–H groups in total. The number of amides is 1. The van der Waals surface area contributed by atoms with Crippen LogP contribution in [0.25, 0.3) is 0 Å². The Labute approximate surface area is 149 Å². The lowest BCUT2D eigenvalue weighted by atomic mass is 10.1. The maximum atomic E-state index is 13.0. The minimum Gasteiger partial charge on any atom is -0.490 e. The van der Waals surface area contributed by atoms with Crippen LogP contribution in [0.5, 0.6) is 5.75 Å². The van der Waals surface area contributed by atoms with Gasteiger partial charge in [0.15, 0.2) is 0 Å². The van der Waals surface area contributed by atoms with Gasteiger partial charge in [0, 0.05) is 19.2 Å². The van der Waals surface area contributed by atoms with Gasteiger partial charge in [-0.05, 0) is 44.0 Å². The molecule has 26 heavy (non-hydrogen) atoms. The van der Waals surface area contributed by atoms with E-state index in [4.69, 9.17) is 4.74 Å². The fraction of sp³-hybridized carbons (Fsp3) is 0.444. The number of ether oxygens (including phenoxy) is 1. The maximum Gasteiger partial charge on any atom is 0.416 e. The van der Waals surface area contributed by atoms with E-state index in [1.807, 2.05) is 20.9 Å². The summed E-state index contributed by atoms with van der Waals surface area (Å²) in [6.07, 6.45) is -3.77. The summed E-state index contributed by atoms with van der Waals surface area (Å²) < 4.78 is 46.1. The Hall–Kier alpha value is -2.51. The highest BCUT2D eigenvalue weighted by Crippen LogP contribution is 2.38. The average molecular weight is 367 g/mol. The molecule has 5 nitrogen and oxygen atoms in total. The number of aryl methyl sites for hydroxylation is 2. The van der Waals surface area contributed by atoms with E-state index in [0.29, 0.717) is 12.2 Å². The average Bonchev–Trinajstić information content (AvgIpc) is 2.83. The Morgan fingerprint density at radius 3 is 2.65 bits per heavy atom. The van der Waals surface area contributed by atoms with E-state index < -0.39 is 11.7 Å². The highest BCUT2D eigenvalue weighted by Gasteiger charge is 2.33. The van der Waals surface area contributed by atoms with Crippen LogP contribution in [0.1, 0.15) is 28.9 Å². The van der Waals surface area contributed by atoms with Crippen LogP contribution in [0.15, 0.2) is 18.2 Å². The summed E-state index contributed by atoms with van der Waals surface area (Å²) in [6, 6.07) is 3.22. The Kier molecular flexibility index (Phi) is 4.68. The number of anilines is 1. The summed E-state index contributed by atoms with van der Waals surface area (Å²) in [5.74, 6) is 0.0721. The first kappa shape index (κ1) is 18.3. The second-order valence-electron chi connectivity index (χ2n) is 6.35. The van der Waals surface area contributed by atoms with E-state index >= 15 is 0 Å². The Morgan fingerprint density at radius 1 is 1.31 bits per heavy atom. The summed E-state index contributed by atoms with van der Waals surface area (Å²) >= 11 is 0. The SMILES string of the molecule is Cc1nn(C)c(C)c1CCC(=O)N1CCOc2ccc(C(F)(F)F)cc21. The molecule has 2 aromatic rings. The Bertz CT molecular complexity index is 843. The summed E-state index contributed by atoms with van der Waals surface area (Å²) in [7, 11) is 1.84. The van der Waals surface area contributed by atoms with Gasteiger partial charge in [0.25, 0.3) is 0 Å². The van der Waals surface area contributed by atoms with Crippen LogP contribution < -0.4 is 9.64 Å². The second kappa shape index (κ2) is 6.66. The van der Waals surface area contributed by atoms with Gasteiger partial charge in [-0.1, -0.05) is 0 Å². The Balaban J connectivity index is 1.81. The van der Waals surface area contributed by atoms with Crippen molar-refractivity contribution in [1.82, 2.24) is 9.78 Å². The first-order valence-corrected chi connectivity index (χ1v) is 8.32. The molecule has 3 rings (SSSR count). The van der Waals surface area contributed by atoms with Crippen molar-refractivity contribution in [2.45, 2.75) is 32.9 Å². The fourth-order valence-corrected chi connectivity index (χ4v) is 3.20. The molecule has 1 aromatic carbocycles. The number of hydrogen-bond donors (Lipinski definition) is 0. The number of benzene rings is 1. The molecule has 8 heteroatoms. The van der Waals surface area contributed by atoms with E-state index in [9.17, 15) is 18.0 Å². The second-order valence-corrected chi connectivity index (χ2v) is 6.35. The van der Waals surface area contributed by atoms with Gasteiger partial charge in [0.05, 0.1) is 23.5 Å². The van der Waals surface area contributed by atoms with Gasteiger partial charge in [-0.15, -0.1) is 0 Å². The van der Waals surface area contributed by atoms with Crippen molar-refractivity contribution in [3.8, 4) is 5.75 Å². The molecule has 0 unspecified atom stereocenters. The normalized spacial score (nSPS) is 14.2. The zero-order valence-electron chi connectivity index (χ0n) is 14.9. The van der Waals surface area contributed by atoms with Crippen molar-refractivity contribution in [1.29, 1.82) is 0 Å². The van der Waals surface area contributed by atoms with Crippen LogP contribution in [-0.2, 0) is 24.4 Å². The summed E-state index contributed by atoms with van der Waals surface area (Å²) in [5, 5.41) is 4.32. The maximum absolute atomic E-state index is 13.0. The minimum absolute atomic E-state index is 0.177. The van der Waals surface area contributed by atoms with Crippen molar-refractivity contribution in [3.63, 3.8) is 0 Å². The fourth-order valence-electron chi connectivity index (χ4n) is 3.20. The minimum atomic E-state index is -4.47. The van der Waals surface area contributed by atoms with Gasteiger partial charge in [-0.25, -0.2) is 0 Å². The van der Waals surface area contributed by atoms with Crippen LogP contribution in [-0.4, -0.2) is 28.8 Å². The molecule has 0 aliphatic carbocycles. The number of rotatable bonds is 3. The van der Waals surface area contributed by atoms with Gasteiger partial charge >= 0.3 is 6.18 Å². The topological polar surface area (TPSA) is 47.4 Å². The lowest BCUT2D eigenvalue weighted by Gasteiger charge is -2.30. The molecule has 2 heterocycles. The number of fused-ring (bicyclic) bond motifs is 1. The molecule has 0 fully saturated rings. The number of halogens is 3. The molecule has 1 aliphatic rings. The standard InChI is InChI=1S/C18H20F3N3O2/c1-11-14(12(2)23(3)22-11)5-7-17(25)24-8-9-26-16-6-4-13(10-15(16)24)18(19,20)21/h4,6,10H,5,7-9H2,1-3H3. The molecule has 0 saturated carbocycles. The lowest BCUT2D eigenvalue weighted by Crippen LogP contribution is -2.38. The first-order chi connectivity index (χ1) is 12.2. The van der Waals surface area contributed by atoms with Crippen LogP contribution >= 0.6 is 0 Å². The molecule has 0 bridgehead atoms. The van der Waals surface area contributed by atoms with E-state index in [2.05, 4.69) is 5.10 Å². The third-order valence-corrected chi connectivity index (χ3v) is 4.70. The molecule has 0 atom stereocenters. The van der Waals surface area contributed by atoms with E-state index in [0.717, 1.165) is 29.1 Å². The highest BCUT2D eigenvalue weighted by atomic mass is 19.4. The number of aromatic nitrogens is 2. The lowest BCUT2D eigenvalue weighted by molar-refractivity contribution is -0.137. The molecule has 1 aliphatic heterocycles. The van der Waals surface area contributed by atoms with Crippen LogP contribution in [0.4, 0.5) is 18.9 Å². The van der Waals surface area contributed by atoms with Gasteiger partial charge in [0.1, 0.15) is 12.4 Å². The van der Waals surface area contributed by atoms with Crippen LogP contribution in [0.3, 0.4) is 0 Å². The summed E-state index contributed by atoms with van der Waals surface area (Å²) in [4.78, 5) is 14.1. The number of carbonyl (C=O) groups excluding carboxylic acids is 1. The Morgan fingerprint density at radius 2 is 2.04 bits per heavy atom. The first-order valence-electron chi connectivity index (χ1n) is 8.32. The number of nitrogens with zero attached hydrogens (tertiary/aromatic N) is 3. The number of hydrogen-bond acceptors (Lipinski definition) is 3. The molecule has 140 valence electrons. The zero-order valence-corrected chi connectivity index (χ0v) is 14.9. The van der Waals surface area contributed by atoms with Gasteiger partial charge < -0.3 is 9.64 Å². The van der Waals surface area contributed by atoms with Crippen molar-refractivity contribution in [2.24, 2.45) is 7.05 Å². The van der Waals surface area contributed by atoms with Crippen LogP contribution in [0.2, 0.25) is 0 Å².